The first-order chi connectivity index (χ1) is 4.15. The largest absolute Gasteiger partial charge is 0.762 e. The summed E-state index contributed by atoms with van der Waals surface area (Å²) in [6, 6.07) is 0. The van der Waals surface area contributed by atoms with Crippen LogP contribution >= 0.6 is 0 Å². The van der Waals surface area contributed by atoms with E-state index in [1.54, 1.807) is 0 Å². The highest BCUT2D eigenvalue weighted by atomic mass is 19.4. The Kier molecular flexibility index (Phi) is 13.8. The fourth-order valence-electron chi connectivity index (χ4n) is 0.250. The van der Waals surface area contributed by atoms with Crippen LogP contribution in [0.4, 0.5) is 12.9 Å². The molecule has 0 radical (unpaired) electrons. The van der Waals surface area contributed by atoms with Crippen molar-refractivity contribution in [2.45, 2.75) is 13.8 Å². The molecule has 9 heavy (non-hydrogen) atoms. The van der Waals surface area contributed by atoms with E-state index in [9.17, 15) is 12.9 Å². The van der Waals surface area contributed by atoms with Crippen LogP contribution in [0.3, 0.4) is 0 Å². The molecular weight excluding hydrogens is 130 g/mol. The first kappa shape index (κ1) is 11.6. The first-order valence-corrected chi connectivity index (χ1v) is 2.78. The minimum absolute atomic E-state index is 1.09. The van der Waals surface area contributed by atoms with Gasteiger partial charge in [-0.25, -0.2) is 0 Å². The van der Waals surface area contributed by atoms with Crippen molar-refractivity contribution in [1.29, 1.82) is 0 Å². The van der Waals surface area contributed by atoms with Gasteiger partial charge >= 0.3 is 7.54 Å². The van der Waals surface area contributed by atoms with E-state index in [1.165, 1.54) is 0 Å². The Bertz CT molecular complexity index is 40.0. The maximum Gasteiger partial charge on any atom is 0.762 e. The van der Waals surface area contributed by atoms with E-state index in [4.69, 9.17) is 0 Å². The summed E-state index contributed by atoms with van der Waals surface area (Å²) in [7, 11) is -3.67. The molecule has 0 rings (SSSR count). The molecule has 0 unspecified atom stereocenters. The standard InChI is InChI=1S/C4H11N.BF3/c1-3-5-4-2;2-1(3)4/h5H,3-4H2,1-2H3;. The molecule has 0 heterocycles. The van der Waals surface area contributed by atoms with Gasteiger partial charge in [0, 0.05) is 0 Å². The summed E-state index contributed by atoms with van der Waals surface area (Å²) >= 11 is 0. The monoisotopic (exact) mass is 141 g/mol. The summed E-state index contributed by atoms with van der Waals surface area (Å²) in [5, 5.41) is 3.11. The molecule has 0 aromatic heterocycles. The van der Waals surface area contributed by atoms with Gasteiger partial charge in [-0.3, -0.25) is 12.9 Å². The van der Waals surface area contributed by atoms with E-state index < -0.39 is 7.54 Å². The Hall–Kier alpha value is -0.185. The minimum atomic E-state index is -3.67. The lowest BCUT2D eigenvalue weighted by Gasteiger charge is -1.86. The van der Waals surface area contributed by atoms with Crippen LogP contribution in [0.25, 0.3) is 0 Å². The fraction of sp³-hybridized carbons (Fsp3) is 1.00. The lowest BCUT2D eigenvalue weighted by atomic mass is 10.5. The molecule has 5 heteroatoms. The lowest BCUT2D eigenvalue weighted by Crippen LogP contribution is -2.09. The molecule has 0 spiro atoms. The SMILES string of the molecule is CCNCC.FB(F)F. The first-order valence-electron chi connectivity index (χ1n) is 2.78. The second-order valence-electron chi connectivity index (χ2n) is 1.20. The highest BCUT2D eigenvalue weighted by molar-refractivity contribution is 6.33. The van der Waals surface area contributed by atoms with E-state index in [2.05, 4.69) is 19.2 Å². The van der Waals surface area contributed by atoms with Gasteiger partial charge in [0.2, 0.25) is 0 Å². The van der Waals surface area contributed by atoms with E-state index in [0.717, 1.165) is 13.1 Å². The smallest absolute Gasteiger partial charge is 0.317 e. The van der Waals surface area contributed by atoms with Crippen molar-refractivity contribution in [3.8, 4) is 0 Å². The molecule has 1 nitrogen and oxygen atoms in total. The van der Waals surface area contributed by atoms with Crippen LogP contribution in [0.2, 0.25) is 0 Å². The zero-order valence-electron chi connectivity index (χ0n) is 5.63. The van der Waals surface area contributed by atoms with Gasteiger partial charge in [-0.2, -0.15) is 0 Å². The molecule has 0 saturated heterocycles. The number of halogens is 3. The molecule has 0 fully saturated rings. The number of hydrogen-bond donors (Lipinski definition) is 1. The van der Waals surface area contributed by atoms with Crippen molar-refractivity contribution >= 4 is 7.54 Å². The van der Waals surface area contributed by atoms with Crippen LogP contribution in [0.5, 0.6) is 0 Å². The van der Waals surface area contributed by atoms with Crippen LogP contribution in [0.15, 0.2) is 0 Å². The maximum atomic E-state index is 9.67. The normalized spacial score (nSPS) is 7.67. The van der Waals surface area contributed by atoms with E-state index in [0.29, 0.717) is 0 Å². The van der Waals surface area contributed by atoms with Gasteiger partial charge in [0.15, 0.2) is 0 Å². The molecule has 0 aliphatic carbocycles. The summed E-state index contributed by atoms with van der Waals surface area (Å²) in [6.07, 6.45) is 0. The molecular formula is C4H11BF3N. The van der Waals surface area contributed by atoms with E-state index in [1.807, 2.05) is 0 Å². The topological polar surface area (TPSA) is 12.0 Å². The van der Waals surface area contributed by atoms with Crippen molar-refractivity contribution in [3.05, 3.63) is 0 Å². The number of hydrogen-bond acceptors (Lipinski definition) is 1. The molecule has 0 saturated carbocycles. The van der Waals surface area contributed by atoms with Gasteiger partial charge in [-0.1, -0.05) is 13.8 Å². The second kappa shape index (κ2) is 10.7. The van der Waals surface area contributed by atoms with Crippen LogP contribution in [0, 0.1) is 0 Å². The Morgan fingerprint density at radius 3 is 1.33 bits per heavy atom. The maximum absolute atomic E-state index is 9.67. The van der Waals surface area contributed by atoms with E-state index >= 15 is 0 Å². The van der Waals surface area contributed by atoms with Crippen LogP contribution in [0.1, 0.15) is 13.8 Å². The summed E-state index contributed by atoms with van der Waals surface area (Å²) in [5.41, 5.74) is 0. The molecule has 0 bridgehead atoms. The van der Waals surface area contributed by atoms with Crippen LogP contribution < -0.4 is 5.32 Å². The zero-order chi connectivity index (χ0) is 7.70. The number of rotatable bonds is 2. The number of nitrogens with one attached hydrogen (secondary N) is 1. The average molecular weight is 141 g/mol. The third kappa shape index (κ3) is 80.2. The summed E-state index contributed by atoms with van der Waals surface area (Å²) in [6.45, 7) is 6.39. The second-order valence-corrected chi connectivity index (χ2v) is 1.20. The molecule has 0 aliphatic heterocycles. The third-order valence-electron chi connectivity index (χ3n) is 0.500. The summed E-state index contributed by atoms with van der Waals surface area (Å²) in [5.74, 6) is 0. The lowest BCUT2D eigenvalue weighted by molar-refractivity contribution is 0.535. The predicted molar refractivity (Wildman–Crippen MR) is 33.3 cm³/mol. The molecule has 1 N–H and O–H groups in total. The van der Waals surface area contributed by atoms with Gasteiger partial charge in [0.1, 0.15) is 0 Å². The molecule has 0 aromatic rings. The molecule has 56 valence electrons. The fourth-order valence-corrected chi connectivity index (χ4v) is 0.250. The molecule has 0 aliphatic rings. The van der Waals surface area contributed by atoms with Crippen LogP contribution in [-0.4, -0.2) is 20.6 Å². The van der Waals surface area contributed by atoms with Crippen molar-refractivity contribution in [3.63, 3.8) is 0 Å². The average Bonchev–Trinajstić information content (AvgIpc) is 1.66. The Morgan fingerprint density at radius 2 is 1.33 bits per heavy atom. The highest BCUT2D eigenvalue weighted by Crippen LogP contribution is 1.80. The highest BCUT2D eigenvalue weighted by Gasteiger charge is 2.06. The van der Waals surface area contributed by atoms with Crippen molar-refractivity contribution in [2.75, 3.05) is 13.1 Å². The third-order valence-corrected chi connectivity index (χ3v) is 0.500. The van der Waals surface area contributed by atoms with Gasteiger partial charge in [-0.05, 0) is 13.1 Å². The zero-order valence-corrected chi connectivity index (χ0v) is 5.63. The Morgan fingerprint density at radius 1 is 1.11 bits per heavy atom. The predicted octanol–water partition coefficient (Wildman–Crippen LogP) is 1.50. The van der Waals surface area contributed by atoms with Gasteiger partial charge in [0.25, 0.3) is 0 Å². The molecule has 0 aromatic carbocycles. The Labute approximate surface area is 53.9 Å². The van der Waals surface area contributed by atoms with Crippen molar-refractivity contribution < 1.29 is 12.9 Å². The van der Waals surface area contributed by atoms with Gasteiger partial charge in [0.05, 0.1) is 0 Å². The van der Waals surface area contributed by atoms with Crippen molar-refractivity contribution in [1.82, 2.24) is 5.32 Å². The Balaban J connectivity index is 0. The quantitative estimate of drug-likeness (QED) is 0.574. The van der Waals surface area contributed by atoms with E-state index in [-0.39, 0.29) is 0 Å². The summed E-state index contributed by atoms with van der Waals surface area (Å²) < 4.78 is 29.0. The minimum Gasteiger partial charge on any atom is -0.317 e. The van der Waals surface area contributed by atoms with Gasteiger partial charge in [-0.15, -0.1) is 0 Å². The van der Waals surface area contributed by atoms with Crippen molar-refractivity contribution in [2.24, 2.45) is 0 Å². The van der Waals surface area contributed by atoms with Crippen LogP contribution in [-0.2, 0) is 0 Å². The molecule has 0 amide bonds. The van der Waals surface area contributed by atoms with Gasteiger partial charge < -0.3 is 5.32 Å². The molecule has 0 atom stereocenters. The summed E-state index contributed by atoms with van der Waals surface area (Å²) in [4.78, 5) is 0.